The first-order valence-corrected chi connectivity index (χ1v) is 9.02. The number of halogens is 2. The van der Waals surface area contributed by atoms with Gasteiger partial charge in [-0.05, 0) is 56.2 Å². The van der Waals surface area contributed by atoms with Gasteiger partial charge in [0, 0.05) is 11.6 Å². The van der Waals surface area contributed by atoms with Crippen molar-refractivity contribution >= 4 is 38.9 Å². The van der Waals surface area contributed by atoms with Crippen LogP contribution in [0.25, 0.3) is 0 Å². The van der Waals surface area contributed by atoms with Crippen molar-refractivity contribution < 1.29 is 8.42 Å². The molecular weight excluding hydrogens is 341 g/mol. The van der Waals surface area contributed by atoms with Crippen molar-refractivity contribution in [3.05, 3.63) is 57.6 Å². The van der Waals surface area contributed by atoms with E-state index in [0.29, 0.717) is 22.8 Å². The summed E-state index contributed by atoms with van der Waals surface area (Å²) < 4.78 is 27.3. The van der Waals surface area contributed by atoms with Crippen molar-refractivity contribution in [3.8, 4) is 0 Å². The molecule has 0 N–H and O–H groups in total. The summed E-state index contributed by atoms with van der Waals surface area (Å²) in [5, 5.41) is 0.573. The summed E-state index contributed by atoms with van der Waals surface area (Å²) in [7, 11) is -3.75. The summed E-state index contributed by atoms with van der Waals surface area (Å²) in [6, 6.07) is 10.3. The van der Waals surface area contributed by atoms with Gasteiger partial charge in [-0.25, -0.2) is 8.42 Å². The molecular formula is C16H17Cl2NO2S. The van der Waals surface area contributed by atoms with Gasteiger partial charge in [-0.3, -0.25) is 4.31 Å². The van der Waals surface area contributed by atoms with E-state index in [9.17, 15) is 8.42 Å². The largest absolute Gasteiger partial charge is 0.267 e. The van der Waals surface area contributed by atoms with E-state index in [1.165, 1.54) is 16.4 Å². The Kier molecular flexibility index (Phi) is 5.05. The zero-order valence-electron chi connectivity index (χ0n) is 12.6. The molecule has 0 aliphatic carbocycles. The van der Waals surface area contributed by atoms with Crippen LogP contribution in [0.1, 0.15) is 18.1 Å². The molecule has 0 saturated carbocycles. The summed E-state index contributed by atoms with van der Waals surface area (Å²) in [5.41, 5.74) is 2.28. The van der Waals surface area contributed by atoms with Crippen LogP contribution in [0.4, 0.5) is 5.69 Å². The second-order valence-electron chi connectivity index (χ2n) is 5.04. The molecule has 0 atom stereocenters. The summed E-state index contributed by atoms with van der Waals surface area (Å²) in [5.74, 6) is 0. The Morgan fingerprint density at radius 1 is 1.05 bits per heavy atom. The highest BCUT2D eigenvalue weighted by atomic mass is 35.5. The van der Waals surface area contributed by atoms with Gasteiger partial charge in [-0.1, -0.05) is 35.3 Å². The standard InChI is InChI=1S/C16H17Cl2NO2S/c1-4-19(13-7-5-6-11(2)8-13)22(20,21)16-9-12(3)14(17)10-15(16)18/h5-10H,4H2,1-3H3. The number of rotatable bonds is 4. The van der Waals surface area contributed by atoms with E-state index < -0.39 is 10.0 Å². The number of aryl methyl sites for hydroxylation is 2. The lowest BCUT2D eigenvalue weighted by Gasteiger charge is -2.24. The van der Waals surface area contributed by atoms with Gasteiger partial charge in [-0.2, -0.15) is 0 Å². The smallest absolute Gasteiger partial charge is 0.265 e. The molecule has 0 spiro atoms. The number of sulfonamides is 1. The van der Waals surface area contributed by atoms with E-state index >= 15 is 0 Å². The molecule has 2 aromatic carbocycles. The van der Waals surface area contributed by atoms with Gasteiger partial charge < -0.3 is 0 Å². The Bertz CT molecular complexity index is 804. The van der Waals surface area contributed by atoms with Crippen LogP contribution < -0.4 is 4.31 Å². The zero-order chi connectivity index (χ0) is 16.5. The first-order valence-electron chi connectivity index (χ1n) is 6.82. The Morgan fingerprint density at radius 2 is 1.73 bits per heavy atom. The van der Waals surface area contributed by atoms with Crippen molar-refractivity contribution in [2.24, 2.45) is 0 Å². The molecule has 0 unspecified atom stereocenters. The minimum Gasteiger partial charge on any atom is -0.267 e. The van der Waals surface area contributed by atoms with Gasteiger partial charge in [0.15, 0.2) is 0 Å². The topological polar surface area (TPSA) is 37.4 Å². The zero-order valence-corrected chi connectivity index (χ0v) is 14.9. The predicted octanol–water partition coefficient (Wildman–Crippen LogP) is 4.83. The van der Waals surface area contributed by atoms with Gasteiger partial charge in [0.1, 0.15) is 4.90 Å². The van der Waals surface area contributed by atoms with Crippen LogP contribution in [-0.2, 0) is 10.0 Å². The van der Waals surface area contributed by atoms with E-state index in [-0.39, 0.29) is 9.92 Å². The van der Waals surface area contributed by atoms with E-state index in [0.717, 1.165) is 5.56 Å². The highest BCUT2D eigenvalue weighted by Crippen LogP contribution is 2.32. The molecule has 0 aliphatic rings. The molecule has 0 aromatic heterocycles. The molecule has 0 fully saturated rings. The number of hydrogen-bond acceptors (Lipinski definition) is 2. The van der Waals surface area contributed by atoms with Crippen molar-refractivity contribution in [2.45, 2.75) is 25.7 Å². The fraction of sp³-hybridized carbons (Fsp3) is 0.250. The van der Waals surface area contributed by atoms with Gasteiger partial charge in [0.05, 0.1) is 10.7 Å². The molecule has 6 heteroatoms. The second kappa shape index (κ2) is 6.49. The molecule has 0 amide bonds. The normalized spacial score (nSPS) is 11.5. The molecule has 0 heterocycles. The van der Waals surface area contributed by atoms with E-state index in [2.05, 4.69) is 0 Å². The first kappa shape index (κ1) is 17.1. The van der Waals surface area contributed by atoms with Crippen molar-refractivity contribution in [1.82, 2.24) is 0 Å². The lowest BCUT2D eigenvalue weighted by molar-refractivity contribution is 0.592. The maximum atomic E-state index is 13.0. The fourth-order valence-corrected chi connectivity index (χ4v) is 4.50. The molecule has 0 bridgehead atoms. The lowest BCUT2D eigenvalue weighted by Crippen LogP contribution is -2.31. The van der Waals surface area contributed by atoms with Crippen molar-refractivity contribution in [3.63, 3.8) is 0 Å². The number of benzene rings is 2. The molecule has 3 nitrogen and oxygen atoms in total. The highest BCUT2D eigenvalue weighted by Gasteiger charge is 2.26. The summed E-state index contributed by atoms with van der Waals surface area (Å²) in [4.78, 5) is 0.0689. The Labute approximate surface area is 141 Å². The molecule has 0 saturated heterocycles. The highest BCUT2D eigenvalue weighted by molar-refractivity contribution is 7.93. The number of nitrogens with zero attached hydrogens (tertiary/aromatic N) is 1. The molecule has 118 valence electrons. The molecule has 0 radical (unpaired) electrons. The molecule has 2 rings (SSSR count). The summed E-state index contributed by atoms with van der Waals surface area (Å²) in [6.45, 7) is 5.77. The Morgan fingerprint density at radius 3 is 2.32 bits per heavy atom. The van der Waals surface area contributed by atoms with Crippen LogP contribution in [0.3, 0.4) is 0 Å². The number of anilines is 1. The first-order chi connectivity index (χ1) is 10.3. The third-order valence-corrected chi connectivity index (χ3v) is 6.13. The van der Waals surface area contributed by atoms with Crippen molar-refractivity contribution in [1.29, 1.82) is 0 Å². The van der Waals surface area contributed by atoms with Gasteiger partial charge in [-0.15, -0.1) is 0 Å². The van der Waals surface area contributed by atoms with Crippen LogP contribution in [0.2, 0.25) is 10.0 Å². The number of hydrogen-bond donors (Lipinski definition) is 0. The quantitative estimate of drug-likeness (QED) is 0.785. The van der Waals surface area contributed by atoms with Gasteiger partial charge >= 0.3 is 0 Å². The van der Waals surface area contributed by atoms with Crippen LogP contribution in [-0.4, -0.2) is 15.0 Å². The SMILES string of the molecule is CCN(c1cccc(C)c1)S(=O)(=O)c1cc(C)c(Cl)cc1Cl. The average molecular weight is 358 g/mol. The fourth-order valence-electron chi connectivity index (χ4n) is 2.22. The minimum atomic E-state index is -3.75. The van der Waals surface area contributed by atoms with E-state index in [1.54, 1.807) is 19.9 Å². The average Bonchev–Trinajstić information content (AvgIpc) is 2.43. The third kappa shape index (κ3) is 3.24. The van der Waals surface area contributed by atoms with Crippen molar-refractivity contribution in [2.75, 3.05) is 10.8 Å². The monoisotopic (exact) mass is 357 g/mol. The predicted molar refractivity (Wildman–Crippen MR) is 92.6 cm³/mol. The minimum absolute atomic E-state index is 0.0689. The van der Waals surface area contributed by atoms with Crippen LogP contribution in [0.5, 0.6) is 0 Å². The second-order valence-corrected chi connectivity index (χ2v) is 7.69. The lowest BCUT2D eigenvalue weighted by atomic mass is 10.2. The van der Waals surface area contributed by atoms with E-state index in [1.807, 2.05) is 25.1 Å². The van der Waals surface area contributed by atoms with E-state index in [4.69, 9.17) is 23.2 Å². The Hall–Kier alpha value is -1.23. The molecule has 0 aliphatic heterocycles. The maximum Gasteiger partial charge on any atom is 0.265 e. The van der Waals surface area contributed by atoms with Crippen LogP contribution >= 0.6 is 23.2 Å². The van der Waals surface area contributed by atoms with Gasteiger partial charge in [0.2, 0.25) is 0 Å². The Balaban J connectivity index is 2.59. The summed E-state index contributed by atoms with van der Waals surface area (Å²) >= 11 is 12.1. The van der Waals surface area contributed by atoms with Crippen LogP contribution in [0.15, 0.2) is 41.3 Å². The van der Waals surface area contributed by atoms with Crippen LogP contribution in [0, 0.1) is 13.8 Å². The maximum absolute atomic E-state index is 13.0. The van der Waals surface area contributed by atoms with Gasteiger partial charge in [0.25, 0.3) is 10.0 Å². The third-order valence-electron chi connectivity index (χ3n) is 3.36. The molecule has 22 heavy (non-hydrogen) atoms. The summed E-state index contributed by atoms with van der Waals surface area (Å²) in [6.07, 6.45) is 0. The molecule has 2 aromatic rings.